The Kier molecular flexibility index (Phi) is 4.77. The van der Waals surface area contributed by atoms with E-state index in [1.807, 2.05) is 0 Å². The largest absolute Gasteiger partial charge is 0.369 e. The van der Waals surface area contributed by atoms with Crippen LogP contribution < -0.4 is 5.73 Å². The molecule has 1 unspecified atom stereocenters. The summed E-state index contributed by atoms with van der Waals surface area (Å²) in [6.45, 7) is -0.836. The second kappa shape index (κ2) is 7.29. The molecular formula is C22H17F3N4O. The van der Waals surface area contributed by atoms with Gasteiger partial charge in [0, 0.05) is 24.4 Å². The highest BCUT2D eigenvalue weighted by Gasteiger charge is 2.50. The van der Waals surface area contributed by atoms with Crippen LogP contribution in [0.15, 0.2) is 65.8 Å². The molecular weight excluding hydrogens is 393 g/mol. The molecule has 0 radical (unpaired) electrons. The highest BCUT2D eigenvalue weighted by atomic mass is 19.1. The lowest BCUT2D eigenvalue weighted by atomic mass is 9.81. The van der Waals surface area contributed by atoms with Crippen LogP contribution in [-0.2, 0) is 17.0 Å². The van der Waals surface area contributed by atoms with Crippen LogP contribution in [0, 0.1) is 11.6 Å². The maximum absolute atomic E-state index is 14.6. The van der Waals surface area contributed by atoms with Crippen molar-refractivity contribution in [3.8, 4) is 11.1 Å². The number of hydrogen-bond donors (Lipinski definition) is 1. The van der Waals surface area contributed by atoms with Gasteiger partial charge >= 0.3 is 0 Å². The number of pyridine rings is 1. The van der Waals surface area contributed by atoms with Crippen LogP contribution in [0.5, 0.6) is 0 Å². The van der Waals surface area contributed by atoms with Gasteiger partial charge in [0.2, 0.25) is 0 Å². The van der Waals surface area contributed by atoms with Crippen molar-refractivity contribution in [3.05, 3.63) is 89.2 Å². The highest BCUT2D eigenvalue weighted by molar-refractivity contribution is 6.09. The van der Waals surface area contributed by atoms with Gasteiger partial charge in [-0.2, -0.15) is 0 Å². The van der Waals surface area contributed by atoms with E-state index in [2.05, 4.69) is 9.98 Å². The maximum Gasteiger partial charge on any atom is 0.266 e. The Balaban J connectivity index is 1.99. The van der Waals surface area contributed by atoms with Gasteiger partial charge in [0.25, 0.3) is 5.91 Å². The third-order valence-corrected chi connectivity index (χ3v) is 5.16. The molecule has 152 valence electrons. The zero-order valence-electron chi connectivity index (χ0n) is 15.9. The summed E-state index contributed by atoms with van der Waals surface area (Å²) in [6.07, 6.45) is 1.37. The van der Waals surface area contributed by atoms with Gasteiger partial charge in [0.1, 0.15) is 18.3 Å². The molecule has 0 fully saturated rings. The van der Waals surface area contributed by atoms with E-state index in [0.29, 0.717) is 5.56 Å². The van der Waals surface area contributed by atoms with Crippen LogP contribution in [0.3, 0.4) is 0 Å². The van der Waals surface area contributed by atoms with Crippen molar-refractivity contribution in [2.75, 3.05) is 7.05 Å². The monoisotopic (exact) mass is 410 g/mol. The zero-order valence-corrected chi connectivity index (χ0v) is 15.9. The lowest BCUT2D eigenvalue weighted by Crippen LogP contribution is -2.41. The number of alkyl halides is 1. The minimum atomic E-state index is -1.67. The summed E-state index contributed by atoms with van der Waals surface area (Å²) in [5.74, 6) is -1.81. The molecule has 0 saturated carbocycles. The van der Waals surface area contributed by atoms with Gasteiger partial charge < -0.3 is 5.73 Å². The molecule has 5 nitrogen and oxygen atoms in total. The third kappa shape index (κ3) is 2.92. The van der Waals surface area contributed by atoms with E-state index >= 15 is 0 Å². The average molecular weight is 410 g/mol. The summed E-state index contributed by atoms with van der Waals surface area (Å²) in [6, 6.07) is 12.6. The van der Waals surface area contributed by atoms with Crippen LogP contribution in [0.4, 0.5) is 13.2 Å². The van der Waals surface area contributed by atoms with Crippen LogP contribution in [-0.4, -0.2) is 28.8 Å². The molecule has 4 rings (SSSR count). The van der Waals surface area contributed by atoms with Crippen molar-refractivity contribution in [3.63, 3.8) is 0 Å². The number of carbonyl (C=O) groups excluding carboxylic acids is 1. The average Bonchev–Trinajstić information content (AvgIpc) is 2.99. The summed E-state index contributed by atoms with van der Waals surface area (Å²) < 4.78 is 42.2. The second-order valence-corrected chi connectivity index (χ2v) is 6.89. The molecule has 1 aromatic heterocycles. The Morgan fingerprint density at radius 3 is 2.37 bits per heavy atom. The quantitative estimate of drug-likeness (QED) is 0.715. The Hall–Kier alpha value is -3.68. The van der Waals surface area contributed by atoms with E-state index < -0.39 is 29.8 Å². The van der Waals surface area contributed by atoms with Crippen LogP contribution >= 0.6 is 0 Å². The van der Waals surface area contributed by atoms with E-state index in [-0.39, 0.29) is 28.3 Å². The number of guanidine groups is 1. The number of aliphatic imine (C=N–C) groups is 1. The molecule has 1 amide bonds. The zero-order chi connectivity index (χ0) is 21.5. The number of likely N-dealkylation sites (N-methyl/N-ethyl adjacent to an activating group) is 1. The smallest absolute Gasteiger partial charge is 0.266 e. The number of carbonyl (C=O) groups is 1. The normalized spacial score (nSPS) is 18.6. The third-order valence-electron chi connectivity index (χ3n) is 5.16. The first-order valence-corrected chi connectivity index (χ1v) is 9.08. The number of hydrogen-bond acceptors (Lipinski definition) is 4. The fraction of sp³-hybridized carbons (Fsp3) is 0.136. The second-order valence-electron chi connectivity index (χ2n) is 6.89. The summed E-state index contributed by atoms with van der Waals surface area (Å²) in [5.41, 5.74) is 4.98. The van der Waals surface area contributed by atoms with Gasteiger partial charge in [-0.1, -0.05) is 24.3 Å². The van der Waals surface area contributed by atoms with Gasteiger partial charge in [-0.05, 0) is 41.5 Å². The molecule has 8 heteroatoms. The van der Waals surface area contributed by atoms with Crippen molar-refractivity contribution >= 4 is 11.9 Å². The van der Waals surface area contributed by atoms with E-state index in [1.165, 1.54) is 60.6 Å². The highest BCUT2D eigenvalue weighted by Crippen LogP contribution is 2.41. The molecule has 2 N–H and O–H groups in total. The number of benzene rings is 2. The van der Waals surface area contributed by atoms with Crippen LogP contribution in [0.2, 0.25) is 0 Å². The molecule has 2 aromatic carbocycles. The summed E-state index contributed by atoms with van der Waals surface area (Å²) >= 11 is 0. The molecule has 0 aliphatic carbocycles. The predicted octanol–water partition coefficient (Wildman–Crippen LogP) is 3.53. The molecule has 0 spiro atoms. The van der Waals surface area contributed by atoms with Gasteiger partial charge in [-0.15, -0.1) is 0 Å². The Bertz CT molecular complexity index is 1180. The Morgan fingerprint density at radius 1 is 1.00 bits per heavy atom. The van der Waals surface area contributed by atoms with E-state index in [4.69, 9.17) is 5.73 Å². The first kappa shape index (κ1) is 19.6. The van der Waals surface area contributed by atoms with Gasteiger partial charge in [0.15, 0.2) is 11.5 Å². The standard InChI is InChI=1S/C22H17F3N4O/c1-29-20(30)22(28-21(29)26,14-8-9-27-15(10-14)12-23)13-6-7-19(25)17(11-13)16-4-2-3-5-18(16)24/h2-11H,12H2,1H3,(H2,26,28). The Morgan fingerprint density at radius 2 is 1.70 bits per heavy atom. The molecule has 2 heterocycles. The molecule has 0 bridgehead atoms. The number of halogens is 3. The van der Waals surface area contributed by atoms with Crippen molar-refractivity contribution in [1.29, 1.82) is 0 Å². The van der Waals surface area contributed by atoms with Crippen molar-refractivity contribution in [2.45, 2.75) is 12.2 Å². The minimum Gasteiger partial charge on any atom is -0.369 e. The number of nitrogens with zero attached hydrogens (tertiary/aromatic N) is 3. The Labute approximate surface area is 170 Å². The first-order valence-electron chi connectivity index (χ1n) is 9.08. The SMILES string of the molecule is CN1C(=O)C(c2ccnc(CF)c2)(c2ccc(F)c(-c3ccccc3F)c2)N=C1N. The molecule has 3 aromatic rings. The predicted molar refractivity (Wildman–Crippen MR) is 106 cm³/mol. The lowest BCUT2D eigenvalue weighted by Gasteiger charge is -2.27. The van der Waals surface area contributed by atoms with Crippen LogP contribution in [0.1, 0.15) is 16.8 Å². The fourth-order valence-electron chi connectivity index (χ4n) is 3.60. The van der Waals surface area contributed by atoms with Gasteiger partial charge in [-0.25, -0.2) is 18.2 Å². The van der Waals surface area contributed by atoms with Gasteiger partial charge in [-0.3, -0.25) is 14.7 Å². The van der Waals surface area contributed by atoms with Crippen molar-refractivity contribution < 1.29 is 18.0 Å². The first-order chi connectivity index (χ1) is 14.4. The summed E-state index contributed by atoms with van der Waals surface area (Å²) in [4.78, 5) is 22.8. The fourth-order valence-corrected chi connectivity index (χ4v) is 3.60. The number of amides is 1. The topological polar surface area (TPSA) is 71.6 Å². The van der Waals surface area contributed by atoms with Crippen molar-refractivity contribution in [2.24, 2.45) is 10.7 Å². The molecule has 1 aliphatic rings. The maximum atomic E-state index is 14.6. The van der Waals surface area contributed by atoms with E-state index in [1.54, 1.807) is 6.07 Å². The van der Waals surface area contributed by atoms with Crippen molar-refractivity contribution in [1.82, 2.24) is 9.88 Å². The molecule has 30 heavy (non-hydrogen) atoms. The number of nitrogens with two attached hydrogens (primary N) is 1. The minimum absolute atomic E-state index is 0.0270. The van der Waals surface area contributed by atoms with E-state index in [0.717, 1.165) is 6.07 Å². The van der Waals surface area contributed by atoms with Crippen LogP contribution in [0.25, 0.3) is 11.1 Å². The lowest BCUT2D eigenvalue weighted by molar-refractivity contribution is -0.129. The summed E-state index contributed by atoms with van der Waals surface area (Å²) in [7, 11) is 1.46. The van der Waals surface area contributed by atoms with E-state index in [9.17, 15) is 18.0 Å². The van der Waals surface area contributed by atoms with Gasteiger partial charge in [0.05, 0.1) is 5.69 Å². The molecule has 0 saturated heterocycles. The number of rotatable bonds is 4. The molecule has 1 aliphatic heterocycles. The number of aromatic nitrogens is 1. The summed E-state index contributed by atoms with van der Waals surface area (Å²) in [5, 5.41) is 0. The molecule has 1 atom stereocenters.